The van der Waals surface area contributed by atoms with Crippen molar-refractivity contribution in [2.45, 2.75) is 0 Å². The second kappa shape index (κ2) is 7.57. The van der Waals surface area contributed by atoms with Crippen LogP contribution in [0.4, 0.5) is 15.1 Å². The Morgan fingerprint density at radius 2 is 1.60 bits per heavy atom. The van der Waals surface area contributed by atoms with Crippen molar-refractivity contribution in [3.63, 3.8) is 0 Å². The summed E-state index contributed by atoms with van der Waals surface area (Å²) in [5.41, 5.74) is 2.07. The van der Waals surface area contributed by atoms with Gasteiger partial charge in [0.05, 0.1) is 0 Å². The third-order valence-electron chi connectivity index (χ3n) is 4.80. The average molecular weight is 575 g/mol. The Kier molecular flexibility index (Phi) is 4.88. The first-order valence-corrected chi connectivity index (χ1v) is 12.3. The van der Waals surface area contributed by atoms with Crippen molar-refractivity contribution in [3.05, 3.63) is 69.8 Å². The van der Waals surface area contributed by atoms with Crippen molar-refractivity contribution >= 4 is 74.1 Å². The zero-order chi connectivity index (χ0) is 20.8. The van der Waals surface area contributed by atoms with Gasteiger partial charge in [0.2, 0.25) is 0 Å². The minimum absolute atomic E-state index is 0.102. The first-order valence-electron chi connectivity index (χ1n) is 9.08. The predicted molar refractivity (Wildman–Crippen MR) is 117 cm³/mol. The number of ether oxygens (including phenoxy) is 1. The van der Waals surface area contributed by atoms with Gasteiger partial charge in [0.1, 0.15) is 0 Å². The molecule has 1 aromatic heterocycles. The van der Waals surface area contributed by atoms with Gasteiger partial charge in [-0.3, -0.25) is 0 Å². The summed E-state index contributed by atoms with van der Waals surface area (Å²) in [6, 6.07) is 19.9. The van der Waals surface area contributed by atoms with E-state index < -0.39 is 26.3 Å². The molecular weight excluding hydrogens is 561 g/mol. The number of amidine groups is 1. The molecule has 8 heteroatoms. The molecule has 0 unspecified atom stereocenters. The summed E-state index contributed by atoms with van der Waals surface area (Å²) < 4.78 is 8.52. The van der Waals surface area contributed by atoms with Crippen LogP contribution in [0.1, 0.15) is 3.58 Å². The third kappa shape index (κ3) is 3.23. The van der Waals surface area contributed by atoms with E-state index in [1.807, 2.05) is 54.6 Å². The number of hydrogen-bond donors (Lipinski definition) is 0. The number of nitrogens with zero attached hydrogens (tertiary/aromatic N) is 3. The van der Waals surface area contributed by atoms with Gasteiger partial charge in [-0.15, -0.1) is 0 Å². The number of hydrogen-bond acceptors (Lipinski definition) is 4. The fourth-order valence-corrected chi connectivity index (χ4v) is 6.47. The predicted octanol–water partition coefficient (Wildman–Crippen LogP) is 3.23. The summed E-state index contributed by atoms with van der Waals surface area (Å²) in [6.45, 7) is 0. The van der Waals surface area contributed by atoms with Crippen LogP contribution in [0, 0.1) is 0 Å². The zero-order valence-corrected chi connectivity index (χ0v) is 19.8. The van der Waals surface area contributed by atoms with Crippen molar-refractivity contribution in [1.29, 1.82) is 0 Å². The standard InChI is InChI=1S/C22H14N3O3SeTe/c1-24-21(27)14(20(26)23-22(24)29)12-13-10-11-19(30-13)25-15-6-2-4-8-17(15)28-18-9-5-3-7-16(18)25/h2-12H,1H3/b14-12+. The van der Waals surface area contributed by atoms with Crippen LogP contribution in [0.2, 0.25) is 0 Å². The first kappa shape index (κ1) is 19.3. The number of para-hydroxylation sites is 4. The van der Waals surface area contributed by atoms with Gasteiger partial charge < -0.3 is 0 Å². The molecule has 0 fully saturated rings. The van der Waals surface area contributed by atoms with Crippen LogP contribution in [-0.4, -0.2) is 64.9 Å². The molecule has 1 radical (unpaired) electrons. The topological polar surface area (TPSA) is 62.2 Å². The molecule has 2 amide bonds. The molecule has 0 atom stereocenters. The Bertz CT molecular complexity index is 1220. The van der Waals surface area contributed by atoms with Gasteiger partial charge in [-0.1, -0.05) is 0 Å². The molecule has 0 aliphatic carbocycles. The number of aliphatic imine (C=N–C) groups is 1. The number of rotatable bonds is 2. The summed E-state index contributed by atoms with van der Waals surface area (Å²) in [7, 11) is 1.60. The molecule has 5 rings (SSSR count). The Morgan fingerprint density at radius 1 is 0.967 bits per heavy atom. The monoisotopic (exact) mass is 578 g/mol. The molecule has 147 valence electrons. The van der Waals surface area contributed by atoms with Crippen LogP contribution >= 0.6 is 0 Å². The van der Waals surface area contributed by atoms with E-state index in [9.17, 15) is 9.59 Å². The van der Waals surface area contributed by atoms with Crippen LogP contribution in [0.25, 0.3) is 6.08 Å². The molecule has 0 saturated carbocycles. The fraction of sp³-hybridized carbons (Fsp3) is 0.0455. The summed E-state index contributed by atoms with van der Waals surface area (Å²) >= 11 is 1.80. The van der Waals surface area contributed by atoms with E-state index in [1.54, 1.807) is 13.1 Å². The number of carbonyl (C=O) groups excluding carboxylic acids is 2. The maximum absolute atomic E-state index is 12.5. The molecule has 0 spiro atoms. The van der Waals surface area contributed by atoms with E-state index in [4.69, 9.17) is 4.74 Å². The summed E-state index contributed by atoms with van der Waals surface area (Å²) in [5.74, 6) is 0.761. The molecule has 0 N–H and O–H groups in total. The minimum atomic E-state index is -0.839. The van der Waals surface area contributed by atoms with Gasteiger partial charge >= 0.3 is 192 Å². The Balaban J connectivity index is 1.57. The fourth-order valence-electron chi connectivity index (χ4n) is 3.33. The quantitative estimate of drug-likeness (QED) is 0.210. The van der Waals surface area contributed by atoms with Crippen molar-refractivity contribution in [1.82, 2.24) is 4.90 Å². The molecule has 2 aromatic carbocycles. The molecule has 3 heterocycles. The average Bonchev–Trinajstić information content (AvgIpc) is 3.21. The second-order valence-corrected chi connectivity index (χ2v) is 10.6. The van der Waals surface area contributed by atoms with E-state index in [-0.39, 0.29) is 11.5 Å². The van der Waals surface area contributed by atoms with E-state index >= 15 is 0 Å². The molecule has 30 heavy (non-hydrogen) atoms. The zero-order valence-electron chi connectivity index (χ0n) is 15.7. The van der Waals surface area contributed by atoms with Gasteiger partial charge in [0, 0.05) is 0 Å². The molecule has 6 nitrogen and oxygen atoms in total. The summed E-state index contributed by atoms with van der Waals surface area (Å²) in [4.78, 5) is 32.3. The van der Waals surface area contributed by atoms with Crippen LogP contribution in [-0.2, 0) is 9.59 Å². The molecule has 2 aliphatic heterocycles. The molecule has 2 aliphatic rings. The summed E-state index contributed by atoms with van der Waals surface area (Å²) in [6.07, 6.45) is 1.70. The number of carbonyl (C=O) groups is 2. The SMILES string of the molecule is CN1C(=O)/C(=C/c2ccc(N3c4ccccc4Oc4ccccc43)[te]2)C(=O)N=C1[Se]. The molecule has 0 saturated heterocycles. The van der Waals surface area contributed by atoms with Crippen molar-refractivity contribution < 1.29 is 14.3 Å². The number of benzene rings is 2. The van der Waals surface area contributed by atoms with Crippen LogP contribution in [0.3, 0.4) is 0 Å². The van der Waals surface area contributed by atoms with Gasteiger partial charge in [0.25, 0.3) is 0 Å². The number of anilines is 3. The van der Waals surface area contributed by atoms with E-state index in [1.165, 1.54) is 4.90 Å². The van der Waals surface area contributed by atoms with Gasteiger partial charge in [-0.2, -0.15) is 0 Å². The van der Waals surface area contributed by atoms with Gasteiger partial charge in [0.15, 0.2) is 0 Å². The van der Waals surface area contributed by atoms with Crippen molar-refractivity contribution in [2.75, 3.05) is 11.9 Å². The molecule has 3 aromatic rings. The summed E-state index contributed by atoms with van der Waals surface area (Å²) in [5, 5.41) is 0. The molecule has 0 bridgehead atoms. The first-order chi connectivity index (χ1) is 14.5. The Hall–Kier alpha value is -2.62. The molecular formula is C22H14N3O3SeTe. The van der Waals surface area contributed by atoms with E-state index in [0.29, 0.717) is 4.73 Å². The third-order valence-corrected chi connectivity index (χ3v) is 8.47. The van der Waals surface area contributed by atoms with Crippen LogP contribution < -0.4 is 9.64 Å². The van der Waals surface area contributed by atoms with Crippen molar-refractivity contribution in [3.8, 4) is 11.5 Å². The Morgan fingerprint density at radius 3 is 2.27 bits per heavy atom. The van der Waals surface area contributed by atoms with Crippen molar-refractivity contribution in [2.24, 2.45) is 4.99 Å². The second-order valence-electron chi connectivity index (χ2n) is 6.67. The maximum atomic E-state index is 12.5. The van der Waals surface area contributed by atoms with E-state index in [2.05, 4.69) is 32.0 Å². The van der Waals surface area contributed by atoms with Crippen LogP contribution in [0.15, 0.2) is 71.2 Å². The normalized spacial score (nSPS) is 16.8. The van der Waals surface area contributed by atoms with Gasteiger partial charge in [-0.25, -0.2) is 0 Å². The van der Waals surface area contributed by atoms with E-state index in [0.717, 1.165) is 30.2 Å². The number of amides is 2. The number of likely N-dealkylation sites (N-methyl/N-ethyl adjacent to an activating group) is 1. The Labute approximate surface area is 190 Å². The van der Waals surface area contributed by atoms with Crippen LogP contribution in [0.5, 0.6) is 11.5 Å². The van der Waals surface area contributed by atoms with Gasteiger partial charge in [-0.05, 0) is 0 Å². The number of fused-ring (bicyclic) bond motifs is 2.